The van der Waals surface area contributed by atoms with E-state index in [1.807, 2.05) is 13.8 Å². The molecule has 1 unspecified atom stereocenters. The number of aliphatic imine (C=N–C) groups is 1. The summed E-state index contributed by atoms with van der Waals surface area (Å²) in [4.78, 5) is 21.6. The maximum Gasteiger partial charge on any atom is 0.419 e. The maximum atomic E-state index is 15.0. The first-order valence-corrected chi connectivity index (χ1v) is 10.3. The van der Waals surface area contributed by atoms with Crippen LogP contribution in [0, 0.1) is 5.92 Å². The predicted molar refractivity (Wildman–Crippen MR) is 116 cm³/mol. The summed E-state index contributed by atoms with van der Waals surface area (Å²) in [7, 11) is 0.924. The van der Waals surface area contributed by atoms with E-state index in [-0.39, 0.29) is 17.9 Å². The Morgan fingerprint density at radius 2 is 1.72 bits per heavy atom. The molecule has 32 heavy (non-hydrogen) atoms. The van der Waals surface area contributed by atoms with E-state index < -0.39 is 35.2 Å². The first-order valence-electron chi connectivity index (χ1n) is 10.3. The molecule has 0 spiro atoms. The monoisotopic (exact) mass is 444 g/mol. The topological polar surface area (TPSA) is 60.8 Å². The van der Waals surface area contributed by atoms with Crippen molar-refractivity contribution in [3.05, 3.63) is 54.2 Å². The predicted octanol–water partition coefficient (Wildman–Crippen LogP) is 5.20. The van der Waals surface area contributed by atoms with Crippen LogP contribution in [0.4, 0.5) is 13.2 Å². The van der Waals surface area contributed by atoms with Crippen molar-refractivity contribution in [2.75, 3.05) is 13.7 Å². The Morgan fingerprint density at radius 3 is 2.34 bits per heavy atom. The molecule has 0 radical (unpaired) electrons. The van der Waals surface area contributed by atoms with Crippen molar-refractivity contribution in [1.82, 2.24) is 4.98 Å². The lowest BCUT2D eigenvalue weighted by Crippen LogP contribution is -2.56. The molecule has 0 aliphatic carbocycles. The molecule has 0 saturated carbocycles. The molecule has 2 aromatic carbocycles. The summed E-state index contributed by atoms with van der Waals surface area (Å²) in [5, 5.41) is 1.41. The number of para-hydroxylation sites is 1. The van der Waals surface area contributed by atoms with Crippen LogP contribution in [-0.4, -0.2) is 42.8 Å². The number of rotatable bonds is 5. The van der Waals surface area contributed by atoms with Crippen LogP contribution in [0.5, 0.6) is 0 Å². The zero-order chi connectivity index (χ0) is 23.1. The van der Waals surface area contributed by atoms with Gasteiger partial charge in [-0.2, -0.15) is 13.2 Å². The third-order valence-electron chi connectivity index (χ3n) is 5.66. The normalized spacial score (nSPS) is 18.5. The van der Waals surface area contributed by atoms with Gasteiger partial charge in [0.25, 0.3) is 5.41 Å². The van der Waals surface area contributed by atoms with Gasteiger partial charge in [-0.15, -0.1) is 0 Å². The highest BCUT2D eigenvalue weighted by Gasteiger charge is 2.70. The quantitative estimate of drug-likeness (QED) is 0.401. The van der Waals surface area contributed by atoms with E-state index in [1.54, 1.807) is 42.5 Å². The molecule has 4 rings (SSSR count). The maximum absolute atomic E-state index is 15.0. The second-order valence-corrected chi connectivity index (χ2v) is 8.29. The molecule has 2 heterocycles. The summed E-state index contributed by atoms with van der Waals surface area (Å²) in [6.07, 6.45) is -4.58. The summed E-state index contributed by atoms with van der Waals surface area (Å²) >= 11 is 0. The van der Waals surface area contributed by atoms with Gasteiger partial charge in [0.1, 0.15) is 6.61 Å². The fraction of sp³-hybridized carbons (Fsp3) is 0.375. The summed E-state index contributed by atoms with van der Waals surface area (Å²) in [5.41, 5.74) is -3.44. The van der Waals surface area contributed by atoms with Crippen LogP contribution >= 0.6 is 0 Å². The number of benzene rings is 2. The van der Waals surface area contributed by atoms with Crippen molar-refractivity contribution in [3.8, 4) is 0 Å². The number of hydrogen-bond donors (Lipinski definition) is 0. The number of nitrogens with zero attached hydrogens (tertiary/aromatic N) is 2. The van der Waals surface area contributed by atoms with Gasteiger partial charge < -0.3 is 9.47 Å². The van der Waals surface area contributed by atoms with Crippen LogP contribution in [0.15, 0.2) is 53.5 Å². The average molecular weight is 444 g/mol. The summed E-state index contributed by atoms with van der Waals surface area (Å²) in [6.45, 7) is 3.86. The zero-order valence-corrected chi connectivity index (χ0v) is 17.9. The number of hydrogen-bond acceptors (Lipinski definition) is 5. The van der Waals surface area contributed by atoms with Crippen molar-refractivity contribution in [2.24, 2.45) is 10.9 Å². The van der Waals surface area contributed by atoms with Crippen molar-refractivity contribution in [2.45, 2.75) is 37.9 Å². The van der Waals surface area contributed by atoms with Crippen LogP contribution < -0.4 is 0 Å². The number of fused-ring (bicyclic) bond motifs is 3. The van der Waals surface area contributed by atoms with Crippen LogP contribution in [0.2, 0.25) is 0 Å². The van der Waals surface area contributed by atoms with E-state index >= 15 is 0 Å². The largest absolute Gasteiger partial charge is 0.477 e. The van der Waals surface area contributed by atoms with Crippen LogP contribution in [-0.2, 0) is 19.7 Å². The number of carbonyl (C=O) groups excluding carboxylic acids is 1. The molecular weight excluding hydrogens is 421 g/mol. The number of halogens is 3. The minimum absolute atomic E-state index is 0.0339. The van der Waals surface area contributed by atoms with Gasteiger partial charge in [-0.3, -0.25) is 9.78 Å². The Kier molecular flexibility index (Phi) is 5.56. The Balaban J connectivity index is 2.10. The lowest BCUT2D eigenvalue weighted by molar-refractivity contribution is -0.195. The highest BCUT2D eigenvalue weighted by Crippen LogP contribution is 2.47. The van der Waals surface area contributed by atoms with Gasteiger partial charge in [0.05, 0.1) is 24.4 Å². The molecule has 0 amide bonds. The first-order chi connectivity index (χ1) is 15.2. The molecule has 2 atom stereocenters. The van der Waals surface area contributed by atoms with Crippen LogP contribution in [0.25, 0.3) is 21.7 Å². The van der Waals surface area contributed by atoms with Gasteiger partial charge in [-0.1, -0.05) is 56.3 Å². The molecule has 0 saturated heterocycles. The highest BCUT2D eigenvalue weighted by molar-refractivity contribution is 6.15. The van der Waals surface area contributed by atoms with Crippen LogP contribution in [0.3, 0.4) is 0 Å². The molecule has 1 aliphatic heterocycles. The lowest BCUT2D eigenvalue weighted by Gasteiger charge is -2.32. The second kappa shape index (κ2) is 8.07. The first kappa shape index (κ1) is 22.0. The fourth-order valence-electron chi connectivity index (χ4n) is 4.28. The lowest BCUT2D eigenvalue weighted by atomic mass is 9.79. The fourth-order valence-corrected chi connectivity index (χ4v) is 4.28. The Morgan fingerprint density at radius 1 is 1.09 bits per heavy atom. The van der Waals surface area contributed by atoms with E-state index in [2.05, 4.69) is 9.98 Å². The molecule has 3 aromatic rings. The third-order valence-corrected chi connectivity index (χ3v) is 5.66. The number of methoxy groups -OCH3 is 1. The van der Waals surface area contributed by atoms with Crippen molar-refractivity contribution >= 4 is 33.5 Å². The summed E-state index contributed by atoms with van der Waals surface area (Å²) < 4.78 is 55.1. The van der Waals surface area contributed by atoms with E-state index in [1.165, 1.54) is 6.07 Å². The van der Waals surface area contributed by atoms with Crippen LogP contribution in [0.1, 0.15) is 26.0 Å². The van der Waals surface area contributed by atoms with Gasteiger partial charge in [-0.05, 0) is 23.8 Å². The zero-order valence-electron chi connectivity index (χ0n) is 17.9. The Hall–Kier alpha value is -3.16. The molecule has 0 N–H and O–H groups in total. The minimum atomic E-state index is -5.11. The SMILES string of the molecule is COC(=O)C(C1=N[C@H](CC(C)C)CO1)(c1nc2ccccc2c2ccccc12)C(F)(F)F. The van der Waals surface area contributed by atoms with E-state index in [9.17, 15) is 18.0 Å². The van der Waals surface area contributed by atoms with E-state index in [4.69, 9.17) is 9.47 Å². The van der Waals surface area contributed by atoms with Gasteiger partial charge in [-0.25, -0.2) is 4.99 Å². The Labute approximate surface area is 183 Å². The summed E-state index contributed by atoms with van der Waals surface area (Å²) in [5.74, 6) is -2.04. The smallest absolute Gasteiger partial charge is 0.419 e. The van der Waals surface area contributed by atoms with Crippen molar-refractivity contribution in [3.63, 3.8) is 0 Å². The average Bonchev–Trinajstić information content (AvgIpc) is 3.20. The van der Waals surface area contributed by atoms with E-state index in [0.29, 0.717) is 22.7 Å². The number of esters is 1. The second-order valence-electron chi connectivity index (χ2n) is 8.29. The van der Waals surface area contributed by atoms with E-state index in [0.717, 1.165) is 7.11 Å². The summed E-state index contributed by atoms with van der Waals surface area (Å²) in [6, 6.07) is 13.0. The highest BCUT2D eigenvalue weighted by atomic mass is 19.4. The third kappa shape index (κ3) is 3.38. The van der Waals surface area contributed by atoms with Gasteiger partial charge >= 0.3 is 12.1 Å². The minimum Gasteiger partial charge on any atom is -0.477 e. The molecule has 8 heteroatoms. The van der Waals surface area contributed by atoms with Gasteiger partial charge in [0.2, 0.25) is 5.90 Å². The van der Waals surface area contributed by atoms with Gasteiger partial charge in [0, 0.05) is 10.8 Å². The molecule has 1 aliphatic rings. The molecule has 0 bridgehead atoms. The molecular formula is C24H23F3N2O3. The number of carbonyl (C=O) groups is 1. The molecule has 168 valence electrons. The molecule has 5 nitrogen and oxygen atoms in total. The van der Waals surface area contributed by atoms with Crippen molar-refractivity contribution in [1.29, 1.82) is 0 Å². The molecule has 0 fully saturated rings. The molecule has 1 aromatic heterocycles. The number of aromatic nitrogens is 1. The van der Waals surface area contributed by atoms with Gasteiger partial charge in [0.15, 0.2) is 0 Å². The number of ether oxygens (including phenoxy) is 2. The standard InChI is InChI=1S/C24H23F3N2O3/c1-14(2)12-15-13-32-21(28-15)23(22(30)31-3,24(25,26)27)20-18-10-5-4-8-16(18)17-9-6-7-11-19(17)29-20/h4-11,14-15H,12-13H2,1-3H3/t15-,23?/m1/s1. The Bertz CT molecular complexity index is 1210. The number of pyridine rings is 1. The van der Waals surface area contributed by atoms with Crippen molar-refractivity contribution < 1.29 is 27.4 Å². The number of alkyl halides is 3.